The minimum absolute atomic E-state index is 0.188. The highest BCUT2D eigenvalue weighted by molar-refractivity contribution is 5.74. The average molecular weight is 199 g/mol. The van der Waals surface area contributed by atoms with Crippen molar-refractivity contribution in [2.45, 2.75) is 25.3 Å². The van der Waals surface area contributed by atoms with Gasteiger partial charge in [0.25, 0.3) is 0 Å². The standard InChI is InChI=1S/C10H17NO3/c12-6-7-3-4-11(5-7)9(10(13)14)8-1-2-8/h7-9,12H,1-6H2,(H,13,14). The van der Waals surface area contributed by atoms with Gasteiger partial charge in [-0.2, -0.15) is 0 Å². The number of carboxylic acids is 1. The van der Waals surface area contributed by atoms with E-state index in [1.807, 2.05) is 4.90 Å². The van der Waals surface area contributed by atoms with Crippen molar-refractivity contribution < 1.29 is 15.0 Å². The normalized spacial score (nSPS) is 30.5. The predicted molar refractivity (Wildman–Crippen MR) is 50.9 cm³/mol. The van der Waals surface area contributed by atoms with Crippen molar-refractivity contribution in [3.63, 3.8) is 0 Å². The van der Waals surface area contributed by atoms with Gasteiger partial charge in [0.15, 0.2) is 0 Å². The van der Waals surface area contributed by atoms with Gasteiger partial charge in [-0.3, -0.25) is 9.69 Å². The van der Waals surface area contributed by atoms with E-state index in [2.05, 4.69) is 0 Å². The monoisotopic (exact) mass is 199 g/mol. The van der Waals surface area contributed by atoms with Crippen LogP contribution in [0.4, 0.5) is 0 Å². The van der Waals surface area contributed by atoms with E-state index in [9.17, 15) is 4.79 Å². The van der Waals surface area contributed by atoms with Crippen molar-refractivity contribution in [2.24, 2.45) is 11.8 Å². The van der Waals surface area contributed by atoms with Crippen LogP contribution in [0.3, 0.4) is 0 Å². The Morgan fingerprint density at radius 2 is 2.14 bits per heavy atom. The van der Waals surface area contributed by atoms with E-state index in [0.717, 1.165) is 32.4 Å². The molecule has 4 nitrogen and oxygen atoms in total. The van der Waals surface area contributed by atoms with Gasteiger partial charge in [-0.05, 0) is 37.6 Å². The molecule has 4 heteroatoms. The second-order valence-corrected chi connectivity index (χ2v) is 4.45. The van der Waals surface area contributed by atoms with Crippen LogP contribution in [0.15, 0.2) is 0 Å². The van der Waals surface area contributed by atoms with Crippen molar-refractivity contribution in [1.29, 1.82) is 0 Å². The lowest BCUT2D eigenvalue weighted by Crippen LogP contribution is -2.41. The maximum atomic E-state index is 11.1. The summed E-state index contributed by atoms with van der Waals surface area (Å²) in [6.07, 6.45) is 3.04. The molecule has 2 fully saturated rings. The zero-order chi connectivity index (χ0) is 10.1. The molecule has 0 radical (unpaired) electrons. The number of aliphatic hydroxyl groups is 1. The molecule has 14 heavy (non-hydrogen) atoms. The summed E-state index contributed by atoms with van der Waals surface area (Å²) in [4.78, 5) is 13.1. The molecule has 0 amide bonds. The summed E-state index contributed by atoms with van der Waals surface area (Å²) in [5.74, 6) is -0.0355. The number of hydrogen-bond acceptors (Lipinski definition) is 3. The van der Waals surface area contributed by atoms with Crippen LogP contribution in [0.25, 0.3) is 0 Å². The van der Waals surface area contributed by atoms with E-state index in [0.29, 0.717) is 5.92 Å². The first-order chi connectivity index (χ1) is 6.72. The smallest absolute Gasteiger partial charge is 0.321 e. The Bertz CT molecular complexity index is 227. The molecule has 1 saturated carbocycles. The zero-order valence-electron chi connectivity index (χ0n) is 8.22. The molecular weight excluding hydrogens is 182 g/mol. The lowest BCUT2D eigenvalue weighted by Gasteiger charge is -2.23. The van der Waals surface area contributed by atoms with Crippen molar-refractivity contribution in [2.75, 3.05) is 19.7 Å². The van der Waals surface area contributed by atoms with Gasteiger partial charge in [-0.15, -0.1) is 0 Å². The van der Waals surface area contributed by atoms with E-state index in [1.54, 1.807) is 0 Å². The largest absolute Gasteiger partial charge is 0.480 e. The molecule has 1 aliphatic carbocycles. The Morgan fingerprint density at radius 1 is 1.43 bits per heavy atom. The predicted octanol–water partition coefficient (Wildman–Crippen LogP) is 0.164. The quantitative estimate of drug-likeness (QED) is 0.677. The van der Waals surface area contributed by atoms with Gasteiger partial charge in [-0.25, -0.2) is 0 Å². The summed E-state index contributed by atoms with van der Waals surface area (Å²) in [5.41, 5.74) is 0. The van der Waals surface area contributed by atoms with E-state index in [4.69, 9.17) is 10.2 Å². The molecule has 1 aliphatic heterocycles. The third kappa shape index (κ3) is 1.91. The molecule has 1 saturated heterocycles. The Kier molecular flexibility index (Phi) is 2.74. The number of rotatable bonds is 4. The summed E-state index contributed by atoms with van der Waals surface area (Å²) >= 11 is 0. The van der Waals surface area contributed by atoms with Crippen LogP contribution in [0.5, 0.6) is 0 Å². The van der Waals surface area contributed by atoms with Gasteiger partial charge in [0, 0.05) is 13.2 Å². The lowest BCUT2D eigenvalue weighted by atomic mass is 10.1. The maximum Gasteiger partial charge on any atom is 0.321 e. The van der Waals surface area contributed by atoms with Crippen LogP contribution in [0.1, 0.15) is 19.3 Å². The Labute approximate surface area is 83.5 Å². The minimum atomic E-state index is -0.689. The van der Waals surface area contributed by atoms with Crippen molar-refractivity contribution >= 4 is 5.97 Å². The molecular formula is C10H17NO3. The number of carboxylic acid groups (broad SMARTS) is 1. The lowest BCUT2D eigenvalue weighted by molar-refractivity contribution is -0.143. The number of nitrogens with zero attached hydrogens (tertiary/aromatic N) is 1. The maximum absolute atomic E-state index is 11.1. The number of likely N-dealkylation sites (tertiary alicyclic amines) is 1. The molecule has 2 atom stereocenters. The highest BCUT2D eigenvalue weighted by Gasteiger charge is 2.42. The third-order valence-electron chi connectivity index (χ3n) is 3.29. The molecule has 2 rings (SSSR count). The Balaban J connectivity index is 1.95. The molecule has 80 valence electrons. The fraction of sp³-hybridized carbons (Fsp3) is 0.900. The SMILES string of the molecule is O=C(O)C(C1CC1)N1CCC(CO)C1. The highest BCUT2D eigenvalue weighted by Crippen LogP contribution is 2.37. The van der Waals surface area contributed by atoms with E-state index >= 15 is 0 Å². The first kappa shape index (κ1) is 9.93. The van der Waals surface area contributed by atoms with E-state index < -0.39 is 5.97 Å². The first-order valence-corrected chi connectivity index (χ1v) is 5.30. The topological polar surface area (TPSA) is 60.8 Å². The third-order valence-corrected chi connectivity index (χ3v) is 3.29. The summed E-state index contributed by atoms with van der Waals surface area (Å²) in [6, 6.07) is -0.286. The van der Waals surface area contributed by atoms with Crippen LogP contribution in [0.2, 0.25) is 0 Å². The van der Waals surface area contributed by atoms with Gasteiger partial charge >= 0.3 is 5.97 Å². The average Bonchev–Trinajstić information content (AvgIpc) is 2.83. The number of carbonyl (C=O) groups is 1. The van der Waals surface area contributed by atoms with Gasteiger partial charge in [0.05, 0.1) is 0 Å². The van der Waals surface area contributed by atoms with Crippen molar-refractivity contribution in [1.82, 2.24) is 4.90 Å². The van der Waals surface area contributed by atoms with Gasteiger partial charge in [0.2, 0.25) is 0 Å². The molecule has 0 aromatic heterocycles. The molecule has 0 aromatic rings. The summed E-state index contributed by atoms with van der Waals surface area (Å²) in [6.45, 7) is 1.77. The minimum Gasteiger partial charge on any atom is -0.480 e. The van der Waals surface area contributed by atoms with Gasteiger partial charge in [0.1, 0.15) is 6.04 Å². The molecule has 1 heterocycles. The molecule has 2 unspecified atom stereocenters. The number of aliphatic carboxylic acids is 1. The second-order valence-electron chi connectivity index (χ2n) is 4.45. The van der Waals surface area contributed by atoms with Crippen LogP contribution in [0, 0.1) is 11.8 Å². The van der Waals surface area contributed by atoms with Crippen molar-refractivity contribution in [3.8, 4) is 0 Å². The zero-order valence-corrected chi connectivity index (χ0v) is 8.22. The summed E-state index contributed by atoms with van der Waals surface area (Å²) in [5, 5.41) is 18.1. The van der Waals surface area contributed by atoms with Crippen LogP contribution in [-0.2, 0) is 4.79 Å². The molecule has 0 bridgehead atoms. The molecule has 0 aromatic carbocycles. The van der Waals surface area contributed by atoms with E-state index in [1.165, 1.54) is 0 Å². The highest BCUT2D eigenvalue weighted by atomic mass is 16.4. The Morgan fingerprint density at radius 3 is 2.57 bits per heavy atom. The molecule has 2 aliphatic rings. The Hall–Kier alpha value is -0.610. The summed E-state index contributed by atoms with van der Waals surface area (Å²) in [7, 11) is 0. The van der Waals surface area contributed by atoms with Crippen molar-refractivity contribution in [3.05, 3.63) is 0 Å². The molecule has 2 N–H and O–H groups in total. The fourth-order valence-electron chi connectivity index (χ4n) is 2.33. The van der Waals surface area contributed by atoms with Crippen LogP contribution >= 0.6 is 0 Å². The summed E-state index contributed by atoms with van der Waals surface area (Å²) < 4.78 is 0. The second kappa shape index (κ2) is 3.87. The molecule has 0 spiro atoms. The van der Waals surface area contributed by atoms with Crippen LogP contribution < -0.4 is 0 Å². The fourth-order valence-corrected chi connectivity index (χ4v) is 2.33. The van der Waals surface area contributed by atoms with E-state index in [-0.39, 0.29) is 18.6 Å². The number of hydrogen-bond donors (Lipinski definition) is 2. The van der Waals surface area contributed by atoms with Gasteiger partial charge < -0.3 is 10.2 Å². The van der Waals surface area contributed by atoms with Gasteiger partial charge in [-0.1, -0.05) is 0 Å². The van der Waals surface area contributed by atoms with Crippen LogP contribution in [-0.4, -0.2) is 46.8 Å². The number of aliphatic hydroxyl groups excluding tert-OH is 1. The first-order valence-electron chi connectivity index (χ1n) is 5.30.